The summed E-state index contributed by atoms with van der Waals surface area (Å²) in [7, 11) is 0. The van der Waals surface area contributed by atoms with Crippen molar-refractivity contribution in [2.45, 2.75) is 64.0 Å². The second kappa shape index (κ2) is 11.6. The normalized spacial score (nSPS) is 24.6. The number of benzene rings is 2. The third kappa shape index (κ3) is 6.65. The Labute approximate surface area is 219 Å². The van der Waals surface area contributed by atoms with Crippen LogP contribution in [0.15, 0.2) is 24.3 Å². The van der Waals surface area contributed by atoms with Crippen LogP contribution >= 0.6 is 0 Å². The predicted octanol–water partition coefficient (Wildman–Crippen LogP) is 8.66. The summed E-state index contributed by atoms with van der Waals surface area (Å²) in [6.45, 7) is 2.69. The number of ether oxygens (including phenoxy) is 3. The molecule has 216 valence electrons. The molecule has 2 aromatic carbocycles. The molecule has 0 unspecified atom stereocenters. The first-order chi connectivity index (χ1) is 18.3. The van der Waals surface area contributed by atoms with Crippen molar-refractivity contribution < 1.29 is 53.7 Å². The fraction of sp³-hybridized carbons (Fsp3) is 0.556. The van der Waals surface area contributed by atoms with E-state index in [9.17, 15) is 39.5 Å². The molecule has 0 N–H and O–H groups in total. The van der Waals surface area contributed by atoms with Crippen molar-refractivity contribution in [1.82, 2.24) is 0 Å². The molecule has 2 aliphatic rings. The van der Waals surface area contributed by atoms with Gasteiger partial charge in [0.1, 0.15) is 40.1 Å². The zero-order chi connectivity index (χ0) is 28.5. The fourth-order valence-corrected chi connectivity index (χ4v) is 5.42. The third-order valence-electron chi connectivity index (χ3n) is 7.35. The van der Waals surface area contributed by atoms with Crippen LogP contribution in [0.25, 0.3) is 0 Å². The summed E-state index contributed by atoms with van der Waals surface area (Å²) in [5.41, 5.74) is -4.43. The van der Waals surface area contributed by atoms with Crippen LogP contribution in [0.2, 0.25) is 0 Å². The van der Waals surface area contributed by atoms with Crippen molar-refractivity contribution in [2.24, 2.45) is 17.8 Å². The molecule has 4 rings (SSSR count). The van der Waals surface area contributed by atoms with Crippen LogP contribution in [0.4, 0.5) is 39.5 Å². The third-order valence-corrected chi connectivity index (χ3v) is 7.35. The first-order valence-electron chi connectivity index (χ1n) is 12.7. The summed E-state index contributed by atoms with van der Waals surface area (Å²) >= 11 is 0. The number of halogens is 9. The molecule has 3 nitrogen and oxygen atoms in total. The lowest BCUT2D eigenvalue weighted by atomic mass is 9.75. The second-order valence-electron chi connectivity index (χ2n) is 10.1. The Morgan fingerprint density at radius 3 is 1.74 bits per heavy atom. The van der Waals surface area contributed by atoms with Crippen molar-refractivity contribution in [3.63, 3.8) is 0 Å². The molecule has 2 aromatic rings. The monoisotopic (exact) mass is 570 g/mol. The Bertz CT molecular complexity index is 1110. The summed E-state index contributed by atoms with van der Waals surface area (Å²) in [6.07, 6.45) is -4.83. The topological polar surface area (TPSA) is 27.7 Å². The van der Waals surface area contributed by atoms with Crippen molar-refractivity contribution in [3.05, 3.63) is 64.2 Å². The maximum Gasteiger partial charge on any atom is 0.432 e. The lowest BCUT2D eigenvalue weighted by molar-refractivity contribution is -0.215. The van der Waals surface area contributed by atoms with E-state index in [2.05, 4.69) is 11.7 Å². The molecule has 0 atom stereocenters. The molecule has 2 fully saturated rings. The lowest BCUT2D eigenvalue weighted by Gasteiger charge is -2.38. The molecule has 12 heteroatoms. The Hall–Kier alpha value is -2.47. The van der Waals surface area contributed by atoms with Crippen molar-refractivity contribution in [1.29, 1.82) is 0 Å². The van der Waals surface area contributed by atoms with Gasteiger partial charge in [-0.1, -0.05) is 32.6 Å². The van der Waals surface area contributed by atoms with Gasteiger partial charge in [-0.3, -0.25) is 0 Å². The highest BCUT2D eigenvalue weighted by Crippen LogP contribution is 2.42. The van der Waals surface area contributed by atoms with E-state index >= 15 is 0 Å². The molecular weight excluding hydrogens is 543 g/mol. The van der Waals surface area contributed by atoms with Gasteiger partial charge in [0.05, 0.1) is 13.2 Å². The largest absolute Gasteiger partial charge is 0.432 e. The van der Waals surface area contributed by atoms with Crippen LogP contribution in [-0.2, 0) is 21.8 Å². The Morgan fingerprint density at radius 1 is 0.744 bits per heavy atom. The minimum atomic E-state index is -5.44. The molecule has 39 heavy (non-hydrogen) atoms. The van der Waals surface area contributed by atoms with Gasteiger partial charge in [0.2, 0.25) is 0 Å². The molecular formula is C27H27F9O3. The molecule has 0 amide bonds. The van der Waals surface area contributed by atoms with Crippen molar-refractivity contribution in [2.75, 3.05) is 13.2 Å². The van der Waals surface area contributed by atoms with E-state index in [0.717, 1.165) is 32.1 Å². The van der Waals surface area contributed by atoms with E-state index in [1.165, 1.54) is 6.42 Å². The maximum atomic E-state index is 14.7. The average Bonchev–Trinajstić information content (AvgIpc) is 2.82. The maximum absolute atomic E-state index is 14.7. The Morgan fingerprint density at radius 2 is 1.26 bits per heavy atom. The van der Waals surface area contributed by atoms with Crippen LogP contribution < -0.4 is 4.74 Å². The summed E-state index contributed by atoms with van der Waals surface area (Å²) < 4.78 is 140. The molecule has 0 aromatic heterocycles. The number of hydrogen-bond acceptors (Lipinski definition) is 3. The molecule has 1 saturated heterocycles. The SMILES string of the molecule is CCCC1CCC(C2COC(c3cc(F)c(C(F)(F)Oc4cc(F)c(C(F)(F)F)c(F)c4)c(F)c3)OC2)CC1. The highest BCUT2D eigenvalue weighted by molar-refractivity contribution is 5.34. The summed E-state index contributed by atoms with van der Waals surface area (Å²) in [4.78, 5) is 0. The molecule has 0 bridgehead atoms. The Balaban J connectivity index is 1.44. The molecule has 1 heterocycles. The minimum Gasteiger partial charge on any atom is -0.429 e. The quantitative estimate of drug-likeness (QED) is 0.312. The van der Waals surface area contributed by atoms with Gasteiger partial charge in [-0.15, -0.1) is 0 Å². The van der Waals surface area contributed by atoms with Gasteiger partial charge < -0.3 is 14.2 Å². The van der Waals surface area contributed by atoms with Gasteiger partial charge in [-0.2, -0.15) is 22.0 Å². The van der Waals surface area contributed by atoms with E-state index in [1.54, 1.807) is 0 Å². The van der Waals surface area contributed by atoms with Crippen LogP contribution in [0.5, 0.6) is 5.75 Å². The predicted molar refractivity (Wildman–Crippen MR) is 121 cm³/mol. The Kier molecular flexibility index (Phi) is 8.75. The molecule has 1 saturated carbocycles. The minimum absolute atomic E-state index is 0.0973. The van der Waals surface area contributed by atoms with E-state index in [1.807, 2.05) is 0 Å². The van der Waals surface area contributed by atoms with E-state index < -0.39 is 58.7 Å². The van der Waals surface area contributed by atoms with Crippen molar-refractivity contribution >= 4 is 0 Å². The van der Waals surface area contributed by atoms with Crippen LogP contribution in [0, 0.1) is 41.0 Å². The lowest BCUT2D eigenvalue weighted by Crippen LogP contribution is -2.34. The summed E-state index contributed by atoms with van der Waals surface area (Å²) in [5, 5.41) is 0. The zero-order valence-corrected chi connectivity index (χ0v) is 20.9. The smallest absolute Gasteiger partial charge is 0.429 e. The van der Waals surface area contributed by atoms with Gasteiger partial charge in [-0.25, -0.2) is 17.6 Å². The van der Waals surface area contributed by atoms with E-state index in [0.29, 0.717) is 24.0 Å². The van der Waals surface area contributed by atoms with Crippen LogP contribution in [0.1, 0.15) is 68.4 Å². The van der Waals surface area contributed by atoms with E-state index in [-0.39, 0.29) is 36.8 Å². The molecule has 0 spiro atoms. The summed E-state index contributed by atoms with van der Waals surface area (Å²) in [5.74, 6) is -8.21. The number of alkyl halides is 5. The second-order valence-corrected chi connectivity index (χ2v) is 10.1. The zero-order valence-electron chi connectivity index (χ0n) is 20.9. The first-order valence-corrected chi connectivity index (χ1v) is 12.7. The number of hydrogen-bond donors (Lipinski definition) is 0. The highest BCUT2D eigenvalue weighted by atomic mass is 19.4. The van der Waals surface area contributed by atoms with Gasteiger partial charge >= 0.3 is 12.3 Å². The first kappa shape index (κ1) is 29.5. The number of rotatable bonds is 7. The van der Waals surface area contributed by atoms with Gasteiger partial charge in [-0.05, 0) is 36.8 Å². The van der Waals surface area contributed by atoms with Gasteiger partial charge in [0.25, 0.3) is 0 Å². The molecule has 0 radical (unpaired) electrons. The van der Waals surface area contributed by atoms with E-state index in [4.69, 9.17) is 9.47 Å². The van der Waals surface area contributed by atoms with Crippen LogP contribution in [0.3, 0.4) is 0 Å². The van der Waals surface area contributed by atoms with Gasteiger partial charge in [0.15, 0.2) is 6.29 Å². The molecule has 1 aliphatic carbocycles. The van der Waals surface area contributed by atoms with Crippen molar-refractivity contribution in [3.8, 4) is 5.75 Å². The van der Waals surface area contributed by atoms with Crippen LogP contribution in [-0.4, -0.2) is 13.2 Å². The summed E-state index contributed by atoms with van der Waals surface area (Å²) in [6, 6.07) is 0.815. The average molecular weight is 570 g/mol. The molecule has 1 aliphatic heterocycles. The highest BCUT2D eigenvalue weighted by Gasteiger charge is 2.44. The standard InChI is InChI=1S/C27H27F9O3/c1-2-3-14-4-6-15(7-5-14)17-12-37-25(38-13-17)16-8-19(28)24(20(29)9-16)27(35,36)39-18-10-21(30)23(22(31)11-18)26(32,33)34/h8-11,14-15,17,25H,2-7,12-13H2,1H3. The fourth-order valence-electron chi connectivity index (χ4n) is 5.42. The van der Waals surface area contributed by atoms with Gasteiger partial charge in [0, 0.05) is 23.6 Å².